The van der Waals surface area contributed by atoms with Crippen LogP contribution in [-0.2, 0) is 4.79 Å². The number of halogens is 1. The van der Waals surface area contributed by atoms with Crippen molar-refractivity contribution in [1.82, 2.24) is 4.90 Å². The summed E-state index contributed by atoms with van der Waals surface area (Å²) in [6.07, 6.45) is 4.05. The molecule has 1 fully saturated rings. The van der Waals surface area contributed by atoms with Crippen LogP contribution in [-0.4, -0.2) is 48.6 Å². The van der Waals surface area contributed by atoms with Crippen molar-refractivity contribution < 1.29 is 9.59 Å². The molecule has 6 heteroatoms. The zero-order valence-corrected chi connectivity index (χ0v) is 17.2. The summed E-state index contributed by atoms with van der Waals surface area (Å²) in [5.74, 6) is -1.17. The molecule has 2 aliphatic heterocycles. The Hall–Kier alpha value is -2.50. The number of hydrogen-bond acceptors (Lipinski definition) is 4. The van der Waals surface area contributed by atoms with Crippen LogP contribution in [0.15, 0.2) is 53.5 Å². The van der Waals surface area contributed by atoms with Crippen LogP contribution in [0.25, 0.3) is 0 Å². The molecule has 2 aromatic rings. The molecule has 0 aliphatic carbocycles. The van der Waals surface area contributed by atoms with E-state index in [1.54, 1.807) is 36.5 Å². The Bertz CT molecular complexity index is 941. The van der Waals surface area contributed by atoms with Crippen molar-refractivity contribution >= 4 is 35.3 Å². The van der Waals surface area contributed by atoms with Gasteiger partial charge in [-0.15, -0.1) is 0 Å². The molecule has 0 spiro atoms. The third-order valence-corrected chi connectivity index (χ3v) is 6.03. The normalized spacial score (nSPS) is 22.5. The van der Waals surface area contributed by atoms with Crippen LogP contribution >= 0.6 is 11.6 Å². The molecule has 2 aliphatic rings. The number of likely N-dealkylation sites (tertiary alicyclic amines) is 1. The standard InChI is InChI=1S/C23H24ClN3O2/c1-2-26-13-5-6-18(26)14-25-15-21-19-7-3-4-8-20(19)22(28)27(23(21)29)17-11-9-16(24)10-12-17/h3-4,7-12,15,18,21H,2,5-6,13-14H2,1H3/t18-,21?/m1/s1. The van der Waals surface area contributed by atoms with E-state index in [1.165, 1.54) is 11.3 Å². The van der Waals surface area contributed by atoms with Crippen molar-refractivity contribution in [2.24, 2.45) is 4.99 Å². The fourth-order valence-electron chi connectivity index (χ4n) is 4.24. The van der Waals surface area contributed by atoms with Crippen molar-refractivity contribution in [3.63, 3.8) is 0 Å². The molecule has 2 aromatic carbocycles. The van der Waals surface area contributed by atoms with Crippen LogP contribution in [0.2, 0.25) is 5.02 Å². The number of imide groups is 1. The Morgan fingerprint density at radius 2 is 1.90 bits per heavy atom. The highest BCUT2D eigenvalue weighted by Crippen LogP contribution is 2.32. The minimum Gasteiger partial charge on any atom is -0.299 e. The van der Waals surface area contributed by atoms with Crippen LogP contribution < -0.4 is 4.90 Å². The van der Waals surface area contributed by atoms with Gasteiger partial charge in [-0.1, -0.05) is 36.7 Å². The Balaban J connectivity index is 1.64. The highest BCUT2D eigenvalue weighted by Gasteiger charge is 2.38. The molecule has 2 amide bonds. The van der Waals surface area contributed by atoms with E-state index < -0.39 is 5.92 Å². The summed E-state index contributed by atoms with van der Waals surface area (Å²) < 4.78 is 0. The zero-order valence-electron chi connectivity index (χ0n) is 16.4. The molecule has 0 N–H and O–H groups in total. The third kappa shape index (κ3) is 3.85. The van der Waals surface area contributed by atoms with Gasteiger partial charge in [-0.3, -0.25) is 19.5 Å². The fourth-order valence-corrected chi connectivity index (χ4v) is 4.37. The summed E-state index contributed by atoms with van der Waals surface area (Å²) in [6.45, 7) is 4.97. The van der Waals surface area contributed by atoms with Crippen molar-refractivity contribution in [3.8, 4) is 0 Å². The second-order valence-corrected chi connectivity index (χ2v) is 7.90. The van der Waals surface area contributed by atoms with Crippen molar-refractivity contribution in [2.45, 2.75) is 31.7 Å². The molecule has 0 bridgehead atoms. The van der Waals surface area contributed by atoms with E-state index in [-0.39, 0.29) is 11.8 Å². The number of anilines is 1. The van der Waals surface area contributed by atoms with Gasteiger partial charge < -0.3 is 0 Å². The number of nitrogens with zero attached hydrogens (tertiary/aromatic N) is 3. The number of fused-ring (bicyclic) bond motifs is 1. The summed E-state index contributed by atoms with van der Waals surface area (Å²) in [5.41, 5.74) is 1.77. The molecule has 4 rings (SSSR count). The first kappa shape index (κ1) is 19.8. The molecule has 2 atom stereocenters. The molecule has 0 radical (unpaired) electrons. The lowest BCUT2D eigenvalue weighted by molar-refractivity contribution is -0.118. The third-order valence-electron chi connectivity index (χ3n) is 5.78. The lowest BCUT2D eigenvalue weighted by Crippen LogP contribution is -2.45. The molecule has 1 saturated heterocycles. The number of aliphatic imine (C=N–C) groups is 1. The van der Waals surface area contributed by atoms with Crippen molar-refractivity contribution in [2.75, 3.05) is 24.5 Å². The second kappa shape index (κ2) is 8.47. The summed E-state index contributed by atoms with van der Waals surface area (Å²) >= 11 is 5.97. The summed E-state index contributed by atoms with van der Waals surface area (Å²) in [7, 11) is 0. The summed E-state index contributed by atoms with van der Waals surface area (Å²) in [6, 6.07) is 14.5. The summed E-state index contributed by atoms with van der Waals surface area (Å²) in [5, 5.41) is 0.557. The molecule has 29 heavy (non-hydrogen) atoms. The highest BCUT2D eigenvalue weighted by atomic mass is 35.5. The van der Waals surface area contributed by atoms with Gasteiger partial charge in [-0.05, 0) is 61.8 Å². The van der Waals surface area contributed by atoms with E-state index in [2.05, 4.69) is 16.8 Å². The van der Waals surface area contributed by atoms with E-state index in [4.69, 9.17) is 11.6 Å². The highest BCUT2D eigenvalue weighted by molar-refractivity contribution is 6.31. The van der Waals surface area contributed by atoms with E-state index in [9.17, 15) is 9.59 Å². The summed E-state index contributed by atoms with van der Waals surface area (Å²) in [4.78, 5) is 34.7. The molecule has 0 saturated carbocycles. The van der Waals surface area contributed by atoms with Gasteiger partial charge in [0, 0.05) is 22.8 Å². The van der Waals surface area contributed by atoms with Crippen LogP contribution in [0, 0.1) is 0 Å². The Morgan fingerprint density at radius 1 is 1.14 bits per heavy atom. The first-order valence-corrected chi connectivity index (χ1v) is 10.4. The van der Waals surface area contributed by atoms with Gasteiger partial charge in [-0.25, -0.2) is 4.90 Å². The largest absolute Gasteiger partial charge is 0.299 e. The number of likely N-dealkylation sites (N-methyl/N-ethyl adjacent to an activating group) is 1. The van der Waals surface area contributed by atoms with Crippen LogP contribution in [0.5, 0.6) is 0 Å². The van der Waals surface area contributed by atoms with Gasteiger partial charge in [-0.2, -0.15) is 0 Å². The molecule has 0 aromatic heterocycles. The first-order chi connectivity index (χ1) is 14.1. The minimum atomic E-state index is -0.573. The van der Waals surface area contributed by atoms with Crippen LogP contribution in [0.3, 0.4) is 0 Å². The van der Waals surface area contributed by atoms with Gasteiger partial charge in [0.15, 0.2) is 0 Å². The van der Waals surface area contributed by atoms with Gasteiger partial charge in [0.2, 0.25) is 5.91 Å². The SMILES string of the molecule is CCN1CCC[C@@H]1CN=CC1C(=O)N(c2ccc(Cl)cc2)C(=O)c2ccccc21. The van der Waals surface area contributed by atoms with Crippen LogP contribution in [0.1, 0.15) is 41.6 Å². The van der Waals surface area contributed by atoms with E-state index in [0.29, 0.717) is 28.9 Å². The maximum Gasteiger partial charge on any atom is 0.265 e. The molecular formula is C23H24ClN3O2. The molecule has 1 unspecified atom stereocenters. The zero-order chi connectivity index (χ0) is 20.4. The molecule has 5 nitrogen and oxygen atoms in total. The number of carbonyl (C=O) groups is 2. The predicted molar refractivity (Wildman–Crippen MR) is 116 cm³/mol. The smallest absolute Gasteiger partial charge is 0.265 e. The van der Waals surface area contributed by atoms with Crippen molar-refractivity contribution in [3.05, 3.63) is 64.7 Å². The lowest BCUT2D eigenvalue weighted by Gasteiger charge is -2.31. The predicted octanol–water partition coefficient (Wildman–Crippen LogP) is 4.17. The average Bonchev–Trinajstić information content (AvgIpc) is 3.19. The van der Waals surface area contributed by atoms with Crippen molar-refractivity contribution in [1.29, 1.82) is 0 Å². The van der Waals surface area contributed by atoms with Gasteiger partial charge in [0.25, 0.3) is 5.91 Å². The maximum absolute atomic E-state index is 13.3. The van der Waals surface area contributed by atoms with E-state index in [0.717, 1.165) is 25.1 Å². The minimum absolute atomic E-state index is 0.279. The molecular weight excluding hydrogens is 386 g/mol. The van der Waals surface area contributed by atoms with Gasteiger partial charge in [0.05, 0.1) is 18.2 Å². The Morgan fingerprint density at radius 3 is 2.66 bits per heavy atom. The van der Waals surface area contributed by atoms with Crippen LogP contribution in [0.4, 0.5) is 5.69 Å². The van der Waals surface area contributed by atoms with E-state index in [1.807, 2.05) is 18.2 Å². The fraction of sp³-hybridized carbons (Fsp3) is 0.348. The molecule has 2 heterocycles. The topological polar surface area (TPSA) is 53.0 Å². The monoisotopic (exact) mass is 409 g/mol. The van der Waals surface area contributed by atoms with Gasteiger partial charge in [0.1, 0.15) is 0 Å². The average molecular weight is 410 g/mol. The Labute approximate surface area is 176 Å². The second-order valence-electron chi connectivity index (χ2n) is 7.46. The quantitative estimate of drug-likeness (QED) is 0.550. The Kier molecular flexibility index (Phi) is 5.79. The number of rotatable bonds is 5. The molecule has 150 valence electrons. The lowest BCUT2D eigenvalue weighted by atomic mass is 9.89. The van der Waals surface area contributed by atoms with Gasteiger partial charge >= 0.3 is 0 Å². The number of hydrogen-bond donors (Lipinski definition) is 0. The number of amides is 2. The number of carbonyl (C=O) groups excluding carboxylic acids is 2. The van der Waals surface area contributed by atoms with E-state index >= 15 is 0 Å². The number of benzene rings is 2. The maximum atomic E-state index is 13.3. The first-order valence-electron chi connectivity index (χ1n) is 10.1.